The van der Waals surface area contributed by atoms with Crippen molar-refractivity contribution in [2.24, 2.45) is 0 Å². The van der Waals surface area contributed by atoms with Crippen molar-refractivity contribution in [2.45, 2.75) is 329 Å². The highest BCUT2D eigenvalue weighted by atomic mass is 31.2. The van der Waals surface area contributed by atoms with Crippen molar-refractivity contribution in [3.63, 3.8) is 0 Å². The van der Waals surface area contributed by atoms with Crippen LogP contribution in [-0.4, -0.2) is 96.7 Å². The van der Waals surface area contributed by atoms with Crippen molar-refractivity contribution < 1.29 is 80.2 Å². The minimum absolute atomic E-state index is 0.0662. The van der Waals surface area contributed by atoms with Gasteiger partial charge < -0.3 is 33.8 Å². The van der Waals surface area contributed by atoms with Crippen LogP contribution in [0.4, 0.5) is 0 Å². The van der Waals surface area contributed by atoms with Crippen molar-refractivity contribution in [2.75, 3.05) is 39.6 Å². The van der Waals surface area contributed by atoms with Gasteiger partial charge in [-0.05, 0) is 161 Å². The maximum absolute atomic E-state index is 13.1. The Morgan fingerprint density at radius 1 is 0.279 bits per heavy atom. The van der Waals surface area contributed by atoms with E-state index in [0.29, 0.717) is 25.7 Å². The van der Waals surface area contributed by atoms with Gasteiger partial charge in [0.15, 0.2) is 12.2 Å². The first-order valence-corrected chi connectivity index (χ1v) is 43.1. The lowest BCUT2D eigenvalue weighted by Crippen LogP contribution is -2.30. The summed E-state index contributed by atoms with van der Waals surface area (Å²) in [6.07, 6.45) is 86.8. The van der Waals surface area contributed by atoms with Crippen LogP contribution in [0, 0.1) is 0 Å². The summed E-state index contributed by atoms with van der Waals surface area (Å²) in [5.74, 6) is -2.25. The van der Waals surface area contributed by atoms with E-state index in [-0.39, 0.29) is 25.7 Å². The lowest BCUT2D eigenvalue weighted by Gasteiger charge is -2.21. The molecular weight excluding hydrogens is 1350 g/mol. The van der Waals surface area contributed by atoms with Crippen molar-refractivity contribution in [3.8, 4) is 0 Å². The first-order chi connectivity index (χ1) is 50.7. The molecule has 19 heteroatoms. The zero-order valence-corrected chi connectivity index (χ0v) is 66.7. The highest BCUT2D eigenvalue weighted by molar-refractivity contribution is 7.47. The molecular formula is C85H142O17P2. The number of carbonyl (C=O) groups excluding carboxylic acids is 4. The molecule has 0 saturated heterocycles. The van der Waals surface area contributed by atoms with Crippen LogP contribution < -0.4 is 0 Å². The predicted octanol–water partition coefficient (Wildman–Crippen LogP) is 23.4. The highest BCUT2D eigenvalue weighted by Gasteiger charge is 2.30. The third-order valence-corrected chi connectivity index (χ3v) is 18.2. The Morgan fingerprint density at radius 3 is 0.817 bits per heavy atom. The molecule has 0 aromatic heterocycles. The molecule has 0 heterocycles. The van der Waals surface area contributed by atoms with Crippen LogP contribution in [0.2, 0.25) is 0 Å². The van der Waals surface area contributed by atoms with Gasteiger partial charge in [-0.1, -0.05) is 270 Å². The summed E-state index contributed by atoms with van der Waals surface area (Å²) in [7, 11) is -9.98. The summed E-state index contributed by atoms with van der Waals surface area (Å²) in [5, 5.41) is 10.6. The zero-order chi connectivity index (χ0) is 76.0. The van der Waals surface area contributed by atoms with E-state index in [1.165, 1.54) is 32.1 Å². The predicted molar refractivity (Wildman–Crippen MR) is 427 cm³/mol. The molecule has 5 atom stereocenters. The number of phosphoric acid groups is 2. The molecule has 0 radical (unpaired) electrons. The van der Waals surface area contributed by atoms with Crippen LogP contribution in [0.3, 0.4) is 0 Å². The fourth-order valence-corrected chi connectivity index (χ4v) is 11.8. The van der Waals surface area contributed by atoms with Crippen LogP contribution >= 0.6 is 15.6 Å². The van der Waals surface area contributed by atoms with Crippen LogP contribution in [0.1, 0.15) is 310 Å². The molecule has 17 nitrogen and oxygen atoms in total. The minimum atomic E-state index is -5.00. The maximum atomic E-state index is 13.1. The fourth-order valence-electron chi connectivity index (χ4n) is 10.2. The molecule has 3 N–H and O–H groups in total. The van der Waals surface area contributed by atoms with Crippen molar-refractivity contribution in [1.82, 2.24) is 0 Å². The van der Waals surface area contributed by atoms with Gasteiger partial charge in [0.05, 0.1) is 26.4 Å². The molecule has 0 bridgehead atoms. The van der Waals surface area contributed by atoms with Gasteiger partial charge in [0, 0.05) is 25.7 Å². The summed E-state index contributed by atoms with van der Waals surface area (Å²) < 4.78 is 68.5. The van der Waals surface area contributed by atoms with Crippen molar-refractivity contribution in [1.29, 1.82) is 0 Å². The number of hydrogen-bond acceptors (Lipinski definition) is 15. The number of rotatable bonds is 74. The molecule has 0 fully saturated rings. The number of allylic oxidation sites excluding steroid dienone is 24. The van der Waals surface area contributed by atoms with E-state index >= 15 is 0 Å². The second-order valence-electron chi connectivity index (χ2n) is 26.2. The van der Waals surface area contributed by atoms with Crippen molar-refractivity contribution in [3.05, 3.63) is 146 Å². The largest absolute Gasteiger partial charge is 0.472 e. The Hall–Kier alpha value is -5.06. The smallest absolute Gasteiger partial charge is 0.462 e. The first-order valence-electron chi connectivity index (χ1n) is 40.1. The quantitative estimate of drug-likeness (QED) is 0.0169. The van der Waals surface area contributed by atoms with Gasteiger partial charge in [0.1, 0.15) is 19.3 Å². The Morgan fingerprint density at radius 2 is 0.510 bits per heavy atom. The van der Waals surface area contributed by atoms with E-state index in [2.05, 4.69) is 174 Å². The van der Waals surface area contributed by atoms with Crippen LogP contribution in [0.5, 0.6) is 0 Å². The standard InChI is InChI=1S/C85H142O17P2/c1-5-9-13-17-21-25-29-32-35-37-39-41-44-47-51-54-58-62-66-70-83(88)96-76-81(102-85(90)72-68-64-60-56-52-48-45-42-40-38-36-33-30-26-22-18-14-10-6-2)78-100-104(93,94)98-74-79(86)73-97-103(91,92)99-77-80(101-84(89)71-67-63-59-55-49-28-24-20-16-12-8-4)75-95-82(87)69-65-61-57-53-50-46-43-34-31-27-23-19-15-11-7-3/h9-10,13-14,20-27,32-36,39-43,47,51,79-81,86H,5-8,11-12,15-19,28-31,37-38,44-46,48-50,52-78H2,1-4H3,(H,91,92)(H,93,94)/b13-9-,14-10-,24-20-,25-21-,26-22-,27-23-,35-32-,36-33-,41-39-,42-40-,43-34-,51-47-. The number of esters is 4. The van der Waals surface area contributed by atoms with E-state index in [4.69, 9.17) is 37.0 Å². The number of phosphoric ester groups is 2. The molecule has 0 saturated carbocycles. The molecule has 0 amide bonds. The number of carbonyl (C=O) groups is 4. The molecule has 0 aliphatic rings. The molecule has 0 spiro atoms. The maximum Gasteiger partial charge on any atom is 0.472 e. The third kappa shape index (κ3) is 75.2. The molecule has 104 heavy (non-hydrogen) atoms. The van der Waals surface area contributed by atoms with Crippen LogP contribution in [0.15, 0.2) is 146 Å². The lowest BCUT2D eigenvalue weighted by molar-refractivity contribution is -0.161. The van der Waals surface area contributed by atoms with Crippen LogP contribution in [0.25, 0.3) is 0 Å². The normalized spacial score (nSPS) is 14.6. The summed E-state index contributed by atoms with van der Waals surface area (Å²) in [5.41, 5.74) is 0. The third-order valence-electron chi connectivity index (χ3n) is 16.3. The average molecular weight is 1500 g/mol. The summed E-state index contributed by atoms with van der Waals surface area (Å²) in [6.45, 7) is 4.51. The molecule has 594 valence electrons. The van der Waals surface area contributed by atoms with E-state index in [1.54, 1.807) is 0 Å². The summed E-state index contributed by atoms with van der Waals surface area (Å²) >= 11 is 0. The number of unbranched alkanes of at least 4 members (excludes halogenated alkanes) is 24. The Balaban J connectivity index is 5.41. The topological polar surface area (TPSA) is 237 Å². The fraction of sp³-hybridized carbons (Fsp3) is 0.671. The van der Waals surface area contributed by atoms with E-state index in [0.717, 1.165) is 199 Å². The Kier molecular flexibility index (Phi) is 72.4. The van der Waals surface area contributed by atoms with Gasteiger partial charge in [-0.3, -0.25) is 37.3 Å². The highest BCUT2D eigenvalue weighted by Crippen LogP contribution is 2.45. The molecule has 5 unspecified atom stereocenters. The van der Waals surface area contributed by atoms with Gasteiger partial charge in [0.2, 0.25) is 0 Å². The molecule has 0 aromatic rings. The molecule has 0 rings (SSSR count). The van der Waals surface area contributed by atoms with Gasteiger partial charge in [-0.25, -0.2) is 9.13 Å². The Bertz CT molecular complexity index is 2540. The zero-order valence-electron chi connectivity index (χ0n) is 64.9. The van der Waals surface area contributed by atoms with Gasteiger partial charge in [-0.15, -0.1) is 0 Å². The number of aliphatic hydroxyl groups excluding tert-OH is 1. The number of aliphatic hydroxyl groups is 1. The second-order valence-corrected chi connectivity index (χ2v) is 29.1. The average Bonchev–Trinajstić information content (AvgIpc) is 0.928. The summed E-state index contributed by atoms with van der Waals surface area (Å²) in [6, 6.07) is 0. The van der Waals surface area contributed by atoms with E-state index < -0.39 is 97.5 Å². The van der Waals surface area contributed by atoms with Gasteiger partial charge in [-0.2, -0.15) is 0 Å². The first kappa shape index (κ1) is 98.9. The van der Waals surface area contributed by atoms with Gasteiger partial charge >= 0.3 is 39.5 Å². The lowest BCUT2D eigenvalue weighted by atomic mass is 10.1. The second kappa shape index (κ2) is 76.1. The van der Waals surface area contributed by atoms with Crippen LogP contribution in [-0.2, 0) is 65.4 Å². The Labute approximate surface area is 630 Å². The molecule has 0 aliphatic carbocycles. The summed E-state index contributed by atoms with van der Waals surface area (Å²) in [4.78, 5) is 73.0. The van der Waals surface area contributed by atoms with Crippen molar-refractivity contribution >= 4 is 39.5 Å². The monoisotopic (exact) mass is 1500 g/mol. The number of ether oxygens (including phenoxy) is 4. The minimum Gasteiger partial charge on any atom is -0.462 e. The van der Waals surface area contributed by atoms with Gasteiger partial charge in [0.25, 0.3) is 0 Å². The SMILES string of the molecule is CC/C=C\C/C=C\C/C=C\C/C=C\C/C=C\CCCCCC(=O)OCC(COP(=O)(O)OCC(O)COP(=O)(O)OCC(COC(=O)CCCCCCC/C=C\C/C=C\CCCCC)OC(=O)CCCCCCC/C=C\CCCC)OC(=O)CCCCCCCC/C=C\C/C=C\C/C=C\C/C=C\CC. The molecule has 0 aliphatic heterocycles. The van der Waals surface area contributed by atoms with E-state index in [1.807, 2.05) is 0 Å². The number of hydrogen-bond donors (Lipinski definition) is 3. The molecule has 0 aromatic carbocycles. The van der Waals surface area contributed by atoms with E-state index in [9.17, 15) is 43.2 Å².